The Bertz CT molecular complexity index is 407. The van der Waals surface area contributed by atoms with E-state index in [0.717, 1.165) is 56.5 Å². The Morgan fingerprint density at radius 3 is 2.72 bits per heavy atom. The number of hydrogen-bond donors (Lipinski definition) is 1. The molecule has 0 aromatic carbocycles. The lowest BCUT2D eigenvalue weighted by Gasteiger charge is -2.26. The summed E-state index contributed by atoms with van der Waals surface area (Å²) in [7, 11) is 0. The van der Waals surface area contributed by atoms with Crippen molar-refractivity contribution in [1.29, 1.82) is 0 Å². The molecule has 0 unspecified atom stereocenters. The van der Waals surface area contributed by atoms with E-state index in [0.29, 0.717) is 5.28 Å². The van der Waals surface area contributed by atoms with E-state index in [-0.39, 0.29) is 0 Å². The minimum Gasteiger partial charge on any atom is -0.379 e. The molecular weight excluding hydrogens is 252 g/mol. The Hall–Kier alpha value is -0.910. The smallest absolute Gasteiger partial charge is 0.224 e. The van der Waals surface area contributed by atoms with E-state index in [4.69, 9.17) is 16.3 Å². The molecule has 0 saturated carbocycles. The van der Waals surface area contributed by atoms with Crippen LogP contribution in [0.5, 0.6) is 0 Å². The number of morpholine rings is 1. The SMILES string of the molecule is Cc1nc(Cl)nc(NCCN2CCOCC2)c1C. The molecule has 1 aliphatic heterocycles. The van der Waals surface area contributed by atoms with Crippen LogP contribution in [0.3, 0.4) is 0 Å². The minimum absolute atomic E-state index is 0.298. The summed E-state index contributed by atoms with van der Waals surface area (Å²) in [5.41, 5.74) is 1.98. The number of nitrogens with one attached hydrogen (secondary N) is 1. The molecule has 0 bridgehead atoms. The van der Waals surface area contributed by atoms with Gasteiger partial charge in [0.2, 0.25) is 5.28 Å². The highest BCUT2D eigenvalue weighted by molar-refractivity contribution is 6.28. The number of aromatic nitrogens is 2. The van der Waals surface area contributed by atoms with Gasteiger partial charge in [-0.1, -0.05) is 0 Å². The Balaban J connectivity index is 1.86. The molecule has 5 nitrogen and oxygen atoms in total. The van der Waals surface area contributed by atoms with Gasteiger partial charge in [0.25, 0.3) is 0 Å². The van der Waals surface area contributed by atoms with Crippen LogP contribution in [0.1, 0.15) is 11.3 Å². The summed E-state index contributed by atoms with van der Waals surface area (Å²) in [5.74, 6) is 0.834. The first-order valence-electron chi connectivity index (χ1n) is 6.21. The summed E-state index contributed by atoms with van der Waals surface area (Å²) in [5, 5.41) is 3.62. The molecule has 18 heavy (non-hydrogen) atoms. The summed E-state index contributed by atoms with van der Waals surface area (Å²) in [6, 6.07) is 0. The second-order valence-corrected chi connectivity index (χ2v) is 4.77. The number of ether oxygens (including phenoxy) is 1. The van der Waals surface area contributed by atoms with Crippen molar-refractivity contribution in [2.75, 3.05) is 44.7 Å². The maximum atomic E-state index is 5.86. The zero-order chi connectivity index (χ0) is 13.0. The third kappa shape index (κ3) is 3.54. The van der Waals surface area contributed by atoms with Gasteiger partial charge in [-0.3, -0.25) is 4.90 Å². The molecule has 1 fully saturated rings. The van der Waals surface area contributed by atoms with Gasteiger partial charge in [-0.2, -0.15) is 0 Å². The fraction of sp³-hybridized carbons (Fsp3) is 0.667. The van der Waals surface area contributed by atoms with Crippen molar-refractivity contribution in [1.82, 2.24) is 14.9 Å². The van der Waals surface area contributed by atoms with E-state index in [9.17, 15) is 0 Å². The molecule has 1 saturated heterocycles. The van der Waals surface area contributed by atoms with Crippen LogP contribution in [-0.4, -0.2) is 54.3 Å². The molecule has 1 aliphatic rings. The average Bonchev–Trinajstić information content (AvgIpc) is 2.36. The van der Waals surface area contributed by atoms with E-state index in [1.54, 1.807) is 0 Å². The summed E-state index contributed by atoms with van der Waals surface area (Å²) >= 11 is 5.86. The van der Waals surface area contributed by atoms with Crippen LogP contribution in [0.4, 0.5) is 5.82 Å². The molecule has 0 radical (unpaired) electrons. The predicted octanol–water partition coefficient (Wildman–Crippen LogP) is 1.49. The first-order valence-corrected chi connectivity index (χ1v) is 6.59. The van der Waals surface area contributed by atoms with E-state index in [1.165, 1.54) is 0 Å². The average molecular weight is 271 g/mol. The predicted molar refractivity (Wildman–Crippen MR) is 72.3 cm³/mol. The highest BCUT2D eigenvalue weighted by atomic mass is 35.5. The number of halogens is 1. The lowest BCUT2D eigenvalue weighted by atomic mass is 10.2. The Morgan fingerprint density at radius 2 is 2.00 bits per heavy atom. The summed E-state index contributed by atoms with van der Waals surface area (Å²) in [6.45, 7) is 9.46. The molecular formula is C12H19ClN4O. The van der Waals surface area contributed by atoms with Crippen molar-refractivity contribution in [3.05, 3.63) is 16.5 Å². The van der Waals surface area contributed by atoms with Crippen LogP contribution in [0.25, 0.3) is 0 Å². The van der Waals surface area contributed by atoms with E-state index in [2.05, 4.69) is 20.2 Å². The summed E-state index contributed by atoms with van der Waals surface area (Å²) in [6.07, 6.45) is 0. The van der Waals surface area contributed by atoms with Crippen molar-refractivity contribution in [2.45, 2.75) is 13.8 Å². The molecule has 2 rings (SSSR count). The lowest BCUT2D eigenvalue weighted by molar-refractivity contribution is 0.0398. The van der Waals surface area contributed by atoms with Crippen molar-refractivity contribution in [2.24, 2.45) is 0 Å². The summed E-state index contributed by atoms with van der Waals surface area (Å²) < 4.78 is 5.31. The van der Waals surface area contributed by atoms with Crippen LogP contribution >= 0.6 is 11.6 Å². The molecule has 2 heterocycles. The Morgan fingerprint density at radius 1 is 1.28 bits per heavy atom. The fourth-order valence-corrected chi connectivity index (χ4v) is 2.14. The maximum absolute atomic E-state index is 5.86. The first kappa shape index (κ1) is 13.5. The lowest BCUT2D eigenvalue weighted by Crippen LogP contribution is -2.39. The molecule has 1 N–H and O–H groups in total. The molecule has 1 aromatic heterocycles. The van der Waals surface area contributed by atoms with Gasteiger partial charge in [0.05, 0.1) is 13.2 Å². The Kier molecular flexibility index (Phi) is 4.74. The number of hydrogen-bond acceptors (Lipinski definition) is 5. The third-order valence-corrected chi connectivity index (χ3v) is 3.36. The zero-order valence-electron chi connectivity index (χ0n) is 10.9. The molecule has 100 valence electrons. The van der Waals surface area contributed by atoms with Crippen LogP contribution in [0, 0.1) is 13.8 Å². The van der Waals surface area contributed by atoms with Gasteiger partial charge in [0.1, 0.15) is 5.82 Å². The van der Waals surface area contributed by atoms with Crippen LogP contribution < -0.4 is 5.32 Å². The van der Waals surface area contributed by atoms with E-state index in [1.807, 2.05) is 13.8 Å². The van der Waals surface area contributed by atoms with Gasteiger partial charge in [-0.15, -0.1) is 0 Å². The molecule has 0 atom stereocenters. The largest absolute Gasteiger partial charge is 0.379 e. The third-order valence-electron chi connectivity index (χ3n) is 3.19. The highest BCUT2D eigenvalue weighted by Gasteiger charge is 2.10. The monoisotopic (exact) mass is 270 g/mol. The molecule has 0 spiro atoms. The molecule has 6 heteroatoms. The number of anilines is 1. The topological polar surface area (TPSA) is 50.3 Å². The Labute approximate surface area is 113 Å². The van der Waals surface area contributed by atoms with Crippen molar-refractivity contribution in [3.8, 4) is 0 Å². The van der Waals surface area contributed by atoms with E-state index >= 15 is 0 Å². The molecule has 1 aromatic rings. The fourth-order valence-electron chi connectivity index (χ4n) is 1.92. The maximum Gasteiger partial charge on any atom is 0.224 e. The van der Waals surface area contributed by atoms with Gasteiger partial charge in [0, 0.05) is 37.4 Å². The quantitative estimate of drug-likeness (QED) is 0.840. The van der Waals surface area contributed by atoms with Crippen LogP contribution in [-0.2, 0) is 4.74 Å². The second-order valence-electron chi connectivity index (χ2n) is 4.43. The van der Waals surface area contributed by atoms with Crippen molar-refractivity contribution in [3.63, 3.8) is 0 Å². The van der Waals surface area contributed by atoms with Gasteiger partial charge in [0.15, 0.2) is 0 Å². The number of aryl methyl sites for hydroxylation is 1. The van der Waals surface area contributed by atoms with Gasteiger partial charge < -0.3 is 10.1 Å². The molecule has 0 amide bonds. The van der Waals surface area contributed by atoms with E-state index < -0.39 is 0 Å². The summed E-state index contributed by atoms with van der Waals surface area (Å²) in [4.78, 5) is 10.7. The van der Waals surface area contributed by atoms with Crippen LogP contribution in [0.15, 0.2) is 0 Å². The van der Waals surface area contributed by atoms with Gasteiger partial charge >= 0.3 is 0 Å². The standard InChI is InChI=1S/C12H19ClN4O/c1-9-10(2)15-12(13)16-11(9)14-3-4-17-5-7-18-8-6-17/h3-8H2,1-2H3,(H,14,15,16). The first-order chi connectivity index (χ1) is 8.66. The van der Waals surface area contributed by atoms with Gasteiger partial charge in [-0.05, 0) is 25.4 Å². The van der Waals surface area contributed by atoms with Gasteiger partial charge in [-0.25, -0.2) is 9.97 Å². The van der Waals surface area contributed by atoms with Crippen LogP contribution in [0.2, 0.25) is 5.28 Å². The normalized spacial score (nSPS) is 16.8. The van der Waals surface area contributed by atoms with Crippen molar-refractivity contribution >= 4 is 17.4 Å². The minimum atomic E-state index is 0.298. The second kappa shape index (κ2) is 6.31. The molecule has 0 aliphatic carbocycles. The van der Waals surface area contributed by atoms with Crippen molar-refractivity contribution < 1.29 is 4.74 Å². The zero-order valence-corrected chi connectivity index (χ0v) is 11.6. The number of rotatable bonds is 4. The highest BCUT2D eigenvalue weighted by Crippen LogP contribution is 2.16. The number of nitrogens with zero attached hydrogens (tertiary/aromatic N) is 3.